The van der Waals surface area contributed by atoms with E-state index < -0.39 is 34.8 Å². The van der Waals surface area contributed by atoms with Gasteiger partial charge in [-0.05, 0) is 29.8 Å². The summed E-state index contributed by atoms with van der Waals surface area (Å²) in [5, 5.41) is 2.39. The smallest absolute Gasteiger partial charge is 0.365 e. The molecular formula is C19H23F4N7O3S. The molecule has 10 nitrogen and oxygen atoms in total. The van der Waals surface area contributed by atoms with E-state index in [1.165, 1.54) is 36.2 Å². The monoisotopic (exact) mass is 505 g/mol. The van der Waals surface area contributed by atoms with Gasteiger partial charge in [0.15, 0.2) is 0 Å². The van der Waals surface area contributed by atoms with Crippen molar-refractivity contribution in [2.24, 2.45) is 0 Å². The number of carbonyl (C=O) groups excluding carboxylic acids is 1. The molecule has 0 radical (unpaired) electrons. The summed E-state index contributed by atoms with van der Waals surface area (Å²) in [4.78, 5) is 23.0. The standard InChI is InChI=1S/C19H23F4N7O3S/c1-24-18(31)14-2-3-15(17(20)27-14)30-8-6-29(7-9-30)11-13-4-5-25-16(10-13)28-34(32,33)26-12-19(21,22)23/h2-5,10,26H,6-9,11-12H2,1H3,(H,24,31)(H,25,28). The molecule has 0 saturated carbocycles. The van der Waals surface area contributed by atoms with Gasteiger partial charge in [-0.1, -0.05) is 0 Å². The van der Waals surface area contributed by atoms with Crippen molar-refractivity contribution in [1.82, 2.24) is 24.9 Å². The number of piperazine rings is 1. The molecule has 1 aliphatic heterocycles. The lowest BCUT2D eigenvalue weighted by Gasteiger charge is -2.36. The molecule has 0 aromatic carbocycles. The van der Waals surface area contributed by atoms with Gasteiger partial charge in [-0.3, -0.25) is 14.4 Å². The topological polar surface area (TPSA) is 120 Å². The number of anilines is 2. The Morgan fingerprint density at radius 2 is 1.85 bits per heavy atom. The normalized spacial score (nSPS) is 15.3. The maximum absolute atomic E-state index is 14.4. The third-order valence-corrected chi connectivity index (χ3v) is 5.94. The van der Waals surface area contributed by atoms with E-state index in [4.69, 9.17) is 0 Å². The lowest BCUT2D eigenvalue weighted by Crippen LogP contribution is -2.46. The molecule has 186 valence electrons. The number of nitrogens with one attached hydrogen (secondary N) is 3. The molecule has 3 heterocycles. The second-order valence-electron chi connectivity index (χ2n) is 7.44. The van der Waals surface area contributed by atoms with Crippen LogP contribution in [0.4, 0.5) is 29.1 Å². The molecule has 2 aromatic rings. The van der Waals surface area contributed by atoms with Gasteiger partial charge in [0.2, 0.25) is 5.95 Å². The Bertz CT molecular complexity index is 1120. The Hall–Kier alpha value is -3.04. The second kappa shape index (κ2) is 10.5. The molecule has 2 aromatic heterocycles. The van der Waals surface area contributed by atoms with Crippen LogP contribution in [-0.4, -0.2) is 75.1 Å². The Balaban J connectivity index is 1.56. The van der Waals surface area contributed by atoms with Crippen molar-refractivity contribution in [3.8, 4) is 0 Å². The summed E-state index contributed by atoms with van der Waals surface area (Å²) in [6, 6.07) is 6.05. The minimum atomic E-state index is -4.68. The Kier molecular flexibility index (Phi) is 7.89. The molecule has 34 heavy (non-hydrogen) atoms. The van der Waals surface area contributed by atoms with Gasteiger partial charge in [0.05, 0.1) is 5.69 Å². The molecule has 15 heteroatoms. The summed E-state index contributed by atoms with van der Waals surface area (Å²) in [6.07, 6.45) is -3.33. The fourth-order valence-corrected chi connectivity index (χ4v) is 4.11. The molecule has 1 aliphatic rings. The quantitative estimate of drug-likeness (QED) is 0.363. The van der Waals surface area contributed by atoms with Crippen molar-refractivity contribution < 1.29 is 30.8 Å². The Labute approximate surface area is 193 Å². The van der Waals surface area contributed by atoms with Crippen molar-refractivity contribution >= 4 is 27.6 Å². The van der Waals surface area contributed by atoms with Crippen LogP contribution < -0.4 is 19.7 Å². The van der Waals surface area contributed by atoms with Crippen LogP contribution in [0.15, 0.2) is 30.5 Å². The van der Waals surface area contributed by atoms with Gasteiger partial charge in [0.1, 0.15) is 18.1 Å². The summed E-state index contributed by atoms with van der Waals surface area (Å²) in [6.45, 7) is 0.836. The molecule has 1 amide bonds. The van der Waals surface area contributed by atoms with E-state index in [2.05, 4.69) is 20.2 Å². The first-order valence-corrected chi connectivity index (χ1v) is 11.6. The van der Waals surface area contributed by atoms with Crippen LogP contribution in [0.3, 0.4) is 0 Å². The Morgan fingerprint density at radius 3 is 2.47 bits per heavy atom. The van der Waals surface area contributed by atoms with E-state index in [0.29, 0.717) is 44.0 Å². The number of halogens is 4. The number of aromatic nitrogens is 2. The first kappa shape index (κ1) is 25.6. The molecule has 1 fully saturated rings. The molecule has 0 aliphatic carbocycles. The Morgan fingerprint density at radius 1 is 1.15 bits per heavy atom. The zero-order valence-corrected chi connectivity index (χ0v) is 18.9. The number of pyridine rings is 2. The van der Waals surface area contributed by atoms with Crippen LogP contribution in [0.5, 0.6) is 0 Å². The van der Waals surface area contributed by atoms with Crippen molar-refractivity contribution in [2.75, 3.05) is 49.4 Å². The van der Waals surface area contributed by atoms with Gasteiger partial charge < -0.3 is 10.2 Å². The lowest BCUT2D eigenvalue weighted by atomic mass is 10.2. The van der Waals surface area contributed by atoms with Crippen molar-refractivity contribution in [2.45, 2.75) is 12.7 Å². The number of amides is 1. The third-order valence-electron chi connectivity index (χ3n) is 4.93. The highest BCUT2D eigenvalue weighted by Crippen LogP contribution is 2.21. The predicted octanol–water partition coefficient (Wildman–Crippen LogP) is 1.11. The molecule has 0 unspecified atom stereocenters. The van der Waals surface area contributed by atoms with Gasteiger partial charge in [-0.15, -0.1) is 0 Å². The van der Waals surface area contributed by atoms with E-state index in [1.54, 1.807) is 6.07 Å². The van der Waals surface area contributed by atoms with Crippen LogP contribution in [0.1, 0.15) is 16.1 Å². The summed E-state index contributed by atoms with van der Waals surface area (Å²) < 4.78 is 78.1. The molecule has 3 N–H and O–H groups in total. The largest absolute Gasteiger partial charge is 0.402 e. The molecular weight excluding hydrogens is 482 g/mol. The van der Waals surface area contributed by atoms with Crippen molar-refractivity contribution in [3.05, 3.63) is 47.7 Å². The van der Waals surface area contributed by atoms with Crippen LogP contribution in [0.2, 0.25) is 0 Å². The van der Waals surface area contributed by atoms with E-state index in [9.17, 15) is 30.8 Å². The fourth-order valence-electron chi connectivity index (χ4n) is 3.30. The fraction of sp³-hybridized carbons (Fsp3) is 0.421. The third kappa shape index (κ3) is 7.23. The first-order chi connectivity index (χ1) is 16.0. The predicted molar refractivity (Wildman–Crippen MR) is 116 cm³/mol. The molecule has 0 spiro atoms. The van der Waals surface area contributed by atoms with Gasteiger partial charge in [0, 0.05) is 46.0 Å². The van der Waals surface area contributed by atoms with Crippen LogP contribution >= 0.6 is 0 Å². The van der Waals surface area contributed by atoms with Crippen molar-refractivity contribution in [1.29, 1.82) is 0 Å². The van der Waals surface area contributed by atoms with E-state index >= 15 is 0 Å². The van der Waals surface area contributed by atoms with Crippen LogP contribution in [-0.2, 0) is 16.8 Å². The molecule has 0 atom stereocenters. The number of alkyl halides is 3. The minimum absolute atomic E-state index is 0.0138. The number of hydrogen-bond donors (Lipinski definition) is 3. The first-order valence-electron chi connectivity index (χ1n) is 10.1. The number of rotatable bonds is 8. The highest BCUT2D eigenvalue weighted by molar-refractivity contribution is 7.90. The molecule has 0 bridgehead atoms. The maximum atomic E-state index is 14.4. The minimum Gasteiger partial charge on any atom is -0.365 e. The molecule has 3 rings (SSSR count). The average Bonchev–Trinajstić information content (AvgIpc) is 2.77. The second-order valence-corrected chi connectivity index (χ2v) is 8.94. The highest BCUT2D eigenvalue weighted by Gasteiger charge is 2.29. The van der Waals surface area contributed by atoms with E-state index in [-0.39, 0.29) is 11.5 Å². The van der Waals surface area contributed by atoms with Gasteiger partial charge in [0.25, 0.3) is 5.91 Å². The van der Waals surface area contributed by atoms with Gasteiger partial charge >= 0.3 is 16.4 Å². The molecule has 1 saturated heterocycles. The van der Waals surface area contributed by atoms with E-state index in [0.717, 1.165) is 0 Å². The van der Waals surface area contributed by atoms with E-state index in [1.807, 2.05) is 9.62 Å². The van der Waals surface area contributed by atoms with Gasteiger partial charge in [-0.2, -0.15) is 30.7 Å². The lowest BCUT2D eigenvalue weighted by molar-refractivity contribution is -0.121. The summed E-state index contributed by atoms with van der Waals surface area (Å²) in [5.74, 6) is -1.33. The zero-order chi connectivity index (χ0) is 24.9. The van der Waals surface area contributed by atoms with Crippen molar-refractivity contribution in [3.63, 3.8) is 0 Å². The highest BCUT2D eigenvalue weighted by atomic mass is 32.2. The summed E-state index contributed by atoms with van der Waals surface area (Å²) in [5.41, 5.74) is 0.971. The SMILES string of the molecule is CNC(=O)c1ccc(N2CCN(Cc3ccnc(NS(=O)(=O)NCC(F)(F)F)c3)CC2)c(F)n1. The van der Waals surface area contributed by atoms with Crippen LogP contribution in [0.25, 0.3) is 0 Å². The van der Waals surface area contributed by atoms with Gasteiger partial charge in [-0.25, -0.2) is 9.97 Å². The number of hydrogen-bond acceptors (Lipinski definition) is 7. The number of nitrogens with zero attached hydrogens (tertiary/aromatic N) is 4. The van der Waals surface area contributed by atoms with Crippen LogP contribution in [0, 0.1) is 5.95 Å². The number of carbonyl (C=O) groups is 1. The average molecular weight is 505 g/mol. The summed E-state index contributed by atoms with van der Waals surface area (Å²) in [7, 11) is -3.01. The maximum Gasteiger partial charge on any atom is 0.402 e. The zero-order valence-electron chi connectivity index (χ0n) is 18.1. The summed E-state index contributed by atoms with van der Waals surface area (Å²) >= 11 is 0.